The zero-order valence-corrected chi connectivity index (χ0v) is 10.6. The number of aromatic nitrogens is 1. The number of carbonyl (C=O) groups is 1. The molecule has 100 valence electrons. The van der Waals surface area contributed by atoms with Gasteiger partial charge in [0.25, 0.3) is 0 Å². The van der Waals surface area contributed by atoms with Gasteiger partial charge < -0.3 is 9.52 Å². The van der Waals surface area contributed by atoms with E-state index in [1.54, 1.807) is 0 Å². The molecule has 5 nitrogen and oxygen atoms in total. The van der Waals surface area contributed by atoms with Crippen molar-refractivity contribution >= 4 is 17.1 Å². The van der Waals surface area contributed by atoms with Crippen molar-refractivity contribution in [3.63, 3.8) is 0 Å². The number of para-hydroxylation sites is 2. The lowest BCUT2D eigenvalue weighted by Gasteiger charge is -2.31. The SMILES string of the molecule is O=C(O)C1CCCCN1Cc1nc2ccccc2o1. The molecule has 19 heavy (non-hydrogen) atoms. The lowest BCUT2D eigenvalue weighted by Crippen LogP contribution is -2.44. The molecule has 2 heterocycles. The molecule has 1 fully saturated rings. The molecule has 0 aliphatic carbocycles. The van der Waals surface area contributed by atoms with Crippen molar-refractivity contribution in [2.24, 2.45) is 0 Å². The smallest absolute Gasteiger partial charge is 0.320 e. The monoisotopic (exact) mass is 260 g/mol. The van der Waals surface area contributed by atoms with Crippen LogP contribution >= 0.6 is 0 Å². The average Bonchev–Trinajstić information content (AvgIpc) is 2.81. The summed E-state index contributed by atoms with van der Waals surface area (Å²) in [6, 6.07) is 7.17. The van der Waals surface area contributed by atoms with Gasteiger partial charge in [-0.25, -0.2) is 4.98 Å². The Hall–Kier alpha value is -1.88. The molecular formula is C14H16N2O3. The van der Waals surface area contributed by atoms with Crippen LogP contribution in [0.3, 0.4) is 0 Å². The summed E-state index contributed by atoms with van der Waals surface area (Å²) in [4.78, 5) is 17.6. The number of rotatable bonds is 3. The molecule has 3 rings (SSSR count). The first-order chi connectivity index (χ1) is 9.24. The Morgan fingerprint density at radius 2 is 2.26 bits per heavy atom. The quantitative estimate of drug-likeness (QED) is 0.917. The van der Waals surface area contributed by atoms with Crippen molar-refractivity contribution in [3.05, 3.63) is 30.2 Å². The molecule has 0 spiro atoms. The second-order valence-corrected chi connectivity index (χ2v) is 4.90. The van der Waals surface area contributed by atoms with E-state index >= 15 is 0 Å². The highest BCUT2D eigenvalue weighted by molar-refractivity contribution is 5.74. The molecule has 1 saturated heterocycles. The van der Waals surface area contributed by atoms with E-state index < -0.39 is 12.0 Å². The largest absolute Gasteiger partial charge is 0.480 e. The summed E-state index contributed by atoms with van der Waals surface area (Å²) in [5.74, 6) is -0.162. The van der Waals surface area contributed by atoms with Crippen LogP contribution in [0, 0.1) is 0 Å². The van der Waals surface area contributed by atoms with Gasteiger partial charge in [0, 0.05) is 0 Å². The summed E-state index contributed by atoms with van der Waals surface area (Å²) < 4.78 is 5.65. The molecule has 1 aromatic heterocycles. The van der Waals surface area contributed by atoms with E-state index in [4.69, 9.17) is 4.42 Å². The van der Waals surface area contributed by atoms with Crippen LogP contribution in [0.4, 0.5) is 0 Å². The van der Waals surface area contributed by atoms with Gasteiger partial charge in [0.2, 0.25) is 5.89 Å². The third-order valence-corrected chi connectivity index (χ3v) is 3.58. The van der Waals surface area contributed by atoms with Gasteiger partial charge in [0.05, 0.1) is 6.54 Å². The molecule has 2 aromatic rings. The molecular weight excluding hydrogens is 244 g/mol. The number of carboxylic acids is 1. The molecule has 1 aromatic carbocycles. The Balaban J connectivity index is 1.80. The van der Waals surface area contributed by atoms with E-state index in [0.717, 1.165) is 30.5 Å². The second-order valence-electron chi connectivity index (χ2n) is 4.90. The minimum Gasteiger partial charge on any atom is -0.480 e. The zero-order chi connectivity index (χ0) is 13.2. The minimum atomic E-state index is -0.754. The maximum Gasteiger partial charge on any atom is 0.320 e. The van der Waals surface area contributed by atoms with Crippen LogP contribution < -0.4 is 0 Å². The minimum absolute atomic E-state index is 0.413. The van der Waals surface area contributed by atoms with Crippen LogP contribution in [0.2, 0.25) is 0 Å². The van der Waals surface area contributed by atoms with E-state index in [1.165, 1.54) is 0 Å². The summed E-state index contributed by atoms with van der Waals surface area (Å²) in [7, 11) is 0. The van der Waals surface area contributed by atoms with E-state index in [2.05, 4.69) is 4.98 Å². The lowest BCUT2D eigenvalue weighted by molar-refractivity contribution is -0.145. The summed E-state index contributed by atoms with van der Waals surface area (Å²) in [6.45, 7) is 1.25. The van der Waals surface area contributed by atoms with Gasteiger partial charge in [-0.05, 0) is 31.5 Å². The molecule has 1 unspecified atom stereocenters. The first-order valence-electron chi connectivity index (χ1n) is 6.55. The predicted octanol–water partition coefficient (Wildman–Crippen LogP) is 2.27. The van der Waals surface area contributed by atoms with Gasteiger partial charge in [0.1, 0.15) is 11.6 Å². The van der Waals surface area contributed by atoms with Crippen LogP contribution in [-0.2, 0) is 11.3 Å². The van der Waals surface area contributed by atoms with Gasteiger partial charge >= 0.3 is 5.97 Å². The van der Waals surface area contributed by atoms with Crippen molar-refractivity contribution in [1.29, 1.82) is 0 Å². The third kappa shape index (κ3) is 2.46. The van der Waals surface area contributed by atoms with Gasteiger partial charge in [-0.3, -0.25) is 9.69 Å². The summed E-state index contributed by atoms with van der Waals surface area (Å²) in [6.07, 6.45) is 2.71. The Morgan fingerprint density at radius 3 is 3.05 bits per heavy atom. The van der Waals surface area contributed by atoms with Crippen molar-refractivity contribution in [2.75, 3.05) is 6.54 Å². The maximum atomic E-state index is 11.2. The summed E-state index contributed by atoms with van der Waals surface area (Å²) in [5, 5.41) is 9.23. The number of piperidine rings is 1. The average molecular weight is 260 g/mol. The standard InChI is InChI=1S/C14H16N2O3/c17-14(18)11-6-3-4-8-16(11)9-13-15-10-5-1-2-7-12(10)19-13/h1-2,5,7,11H,3-4,6,8-9H2,(H,17,18). The number of nitrogens with zero attached hydrogens (tertiary/aromatic N) is 2. The van der Waals surface area contributed by atoms with Crippen LogP contribution in [-0.4, -0.2) is 33.5 Å². The molecule has 0 radical (unpaired) electrons. The molecule has 0 bridgehead atoms. The van der Waals surface area contributed by atoms with E-state index in [1.807, 2.05) is 29.2 Å². The maximum absolute atomic E-state index is 11.2. The fraction of sp³-hybridized carbons (Fsp3) is 0.429. The lowest BCUT2D eigenvalue weighted by atomic mass is 10.0. The molecule has 1 atom stereocenters. The molecule has 5 heteroatoms. The van der Waals surface area contributed by atoms with Crippen molar-refractivity contribution < 1.29 is 14.3 Å². The second kappa shape index (κ2) is 5.01. The fourth-order valence-electron chi connectivity index (χ4n) is 2.62. The van der Waals surface area contributed by atoms with Crippen molar-refractivity contribution in [3.8, 4) is 0 Å². The molecule has 1 N–H and O–H groups in total. The number of hydrogen-bond donors (Lipinski definition) is 1. The third-order valence-electron chi connectivity index (χ3n) is 3.58. The van der Waals surface area contributed by atoms with Crippen LogP contribution in [0.1, 0.15) is 25.2 Å². The van der Waals surface area contributed by atoms with Gasteiger partial charge in [-0.1, -0.05) is 18.6 Å². The van der Waals surface area contributed by atoms with Crippen molar-refractivity contribution in [2.45, 2.75) is 31.8 Å². The van der Waals surface area contributed by atoms with E-state index in [0.29, 0.717) is 18.9 Å². The number of oxazole rings is 1. The zero-order valence-electron chi connectivity index (χ0n) is 10.6. The first kappa shape index (κ1) is 12.2. The predicted molar refractivity (Wildman–Crippen MR) is 69.7 cm³/mol. The van der Waals surface area contributed by atoms with Gasteiger partial charge in [-0.2, -0.15) is 0 Å². The number of benzene rings is 1. The highest BCUT2D eigenvalue weighted by atomic mass is 16.4. The van der Waals surface area contributed by atoms with E-state index in [-0.39, 0.29) is 0 Å². The van der Waals surface area contributed by atoms with Crippen LogP contribution in [0.5, 0.6) is 0 Å². The Morgan fingerprint density at radius 1 is 1.42 bits per heavy atom. The number of aliphatic carboxylic acids is 1. The molecule has 0 saturated carbocycles. The Kier molecular flexibility index (Phi) is 3.21. The van der Waals surface area contributed by atoms with Crippen molar-refractivity contribution in [1.82, 2.24) is 9.88 Å². The molecule has 1 aliphatic heterocycles. The van der Waals surface area contributed by atoms with Gasteiger partial charge in [0.15, 0.2) is 5.58 Å². The molecule has 1 aliphatic rings. The summed E-state index contributed by atoms with van der Waals surface area (Å²) >= 11 is 0. The topological polar surface area (TPSA) is 66.6 Å². The molecule has 0 amide bonds. The van der Waals surface area contributed by atoms with Crippen LogP contribution in [0.25, 0.3) is 11.1 Å². The summed E-state index contributed by atoms with van der Waals surface area (Å²) in [5.41, 5.74) is 1.57. The van der Waals surface area contributed by atoms with Gasteiger partial charge in [-0.15, -0.1) is 0 Å². The Bertz CT molecular complexity index is 560. The normalized spacial score (nSPS) is 20.7. The van der Waals surface area contributed by atoms with Crippen LogP contribution in [0.15, 0.2) is 28.7 Å². The Labute approximate surface area is 110 Å². The number of fused-ring (bicyclic) bond motifs is 1. The van der Waals surface area contributed by atoms with E-state index in [9.17, 15) is 9.90 Å². The fourth-order valence-corrected chi connectivity index (χ4v) is 2.62. The highest BCUT2D eigenvalue weighted by Gasteiger charge is 2.29. The number of hydrogen-bond acceptors (Lipinski definition) is 4. The first-order valence-corrected chi connectivity index (χ1v) is 6.55. The number of carboxylic acid groups (broad SMARTS) is 1. The highest BCUT2D eigenvalue weighted by Crippen LogP contribution is 2.21. The number of likely N-dealkylation sites (tertiary alicyclic amines) is 1.